The second-order valence-electron chi connectivity index (χ2n) is 10.5. The number of rotatable bonds is 6. The minimum atomic E-state index is -5.77. The number of hydrogen-bond acceptors (Lipinski definition) is 10. The molecule has 0 unspecified atom stereocenters. The molecule has 0 saturated carbocycles. The largest absolute Gasteiger partial charge is 0.458 e. The smallest absolute Gasteiger partial charge is 0.380 e. The van der Waals surface area contributed by atoms with Gasteiger partial charge in [0, 0.05) is 18.1 Å². The van der Waals surface area contributed by atoms with Crippen LogP contribution in [0.4, 0.5) is 32.2 Å². The predicted molar refractivity (Wildman–Crippen MR) is 158 cm³/mol. The Balaban J connectivity index is 0.000000323. The van der Waals surface area contributed by atoms with Gasteiger partial charge in [0.05, 0.1) is 29.0 Å². The van der Waals surface area contributed by atoms with Gasteiger partial charge in [-0.05, 0) is 63.5 Å². The van der Waals surface area contributed by atoms with Crippen LogP contribution < -0.4 is 11.3 Å². The van der Waals surface area contributed by atoms with Crippen LogP contribution in [-0.4, -0.2) is 77.0 Å². The number of aryl methyl sites for hydroxylation is 1. The van der Waals surface area contributed by atoms with Crippen molar-refractivity contribution in [1.82, 2.24) is 38.9 Å². The molecule has 0 bridgehead atoms. The molecule has 0 radical (unpaired) electrons. The fourth-order valence-electron chi connectivity index (χ4n) is 4.60. The molecule has 48 heavy (non-hydrogen) atoms. The van der Waals surface area contributed by atoms with Crippen LogP contribution in [0.5, 0.6) is 0 Å². The van der Waals surface area contributed by atoms with E-state index in [-0.39, 0.29) is 11.4 Å². The van der Waals surface area contributed by atoms with Crippen molar-refractivity contribution in [2.45, 2.75) is 25.8 Å². The lowest BCUT2D eigenvalue weighted by atomic mass is 10.2. The van der Waals surface area contributed by atoms with Crippen LogP contribution >= 0.6 is 0 Å². The number of anilines is 1. The zero-order chi connectivity index (χ0) is 35.1. The maximum Gasteiger partial charge on any atom is 0.458 e. The third-order valence-corrected chi connectivity index (χ3v) is 6.78. The highest BCUT2D eigenvalue weighted by Gasteiger charge is 2.54. The first-order valence-corrected chi connectivity index (χ1v) is 13.6. The third-order valence-electron chi connectivity index (χ3n) is 6.78. The molecule has 4 aromatic heterocycles. The summed E-state index contributed by atoms with van der Waals surface area (Å²) in [4.78, 5) is 44.0. The average molecular weight is 676 g/mol. The van der Waals surface area contributed by atoms with Crippen molar-refractivity contribution in [3.8, 4) is 17.1 Å². The van der Waals surface area contributed by atoms with E-state index >= 15 is 0 Å². The van der Waals surface area contributed by atoms with E-state index < -0.39 is 23.9 Å². The summed E-state index contributed by atoms with van der Waals surface area (Å²) >= 11 is 0. The van der Waals surface area contributed by atoms with E-state index in [9.17, 15) is 40.7 Å². The normalized spacial score (nSPS) is 12.0. The zero-order valence-corrected chi connectivity index (χ0v) is 25.0. The van der Waals surface area contributed by atoms with E-state index in [4.69, 9.17) is 10.3 Å². The van der Waals surface area contributed by atoms with E-state index in [0.29, 0.717) is 45.6 Å². The molecule has 2 N–H and O–H groups in total. The second-order valence-corrected chi connectivity index (χ2v) is 10.5. The van der Waals surface area contributed by atoms with Gasteiger partial charge in [0.1, 0.15) is 17.7 Å². The summed E-state index contributed by atoms with van der Waals surface area (Å²) in [6, 6.07) is 13.1. The number of carbonyl (C=O) groups is 2. The molecule has 0 aliphatic carbocycles. The number of ketones is 2. The molecule has 0 aliphatic rings. The van der Waals surface area contributed by atoms with Crippen LogP contribution in [0.15, 0.2) is 70.5 Å². The van der Waals surface area contributed by atoms with Crippen molar-refractivity contribution in [3.63, 3.8) is 0 Å². The van der Waals surface area contributed by atoms with Crippen molar-refractivity contribution >= 4 is 39.4 Å². The lowest BCUT2D eigenvalue weighted by Gasteiger charge is -2.13. The van der Waals surface area contributed by atoms with Crippen molar-refractivity contribution in [2.24, 2.45) is 0 Å². The quantitative estimate of drug-likeness (QED) is 0.201. The highest BCUT2D eigenvalue weighted by atomic mass is 19.4. The minimum absolute atomic E-state index is 0.234. The van der Waals surface area contributed by atoms with Crippen molar-refractivity contribution in [1.29, 1.82) is 0 Å². The van der Waals surface area contributed by atoms with E-state index in [2.05, 4.69) is 25.1 Å². The number of imidazole rings is 1. The van der Waals surface area contributed by atoms with Crippen molar-refractivity contribution in [3.05, 3.63) is 83.1 Å². The lowest BCUT2D eigenvalue weighted by Crippen LogP contribution is -2.39. The van der Waals surface area contributed by atoms with Gasteiger partial charge in [-0.2, -0.15) is 31.4 Å². The molecule has 0 aliphatic heterocycles. The number of halogens is 6. The predicted octanol–water partition coefficient (Wildman–Crippen LogP) is 4.10. The maximum atomic E-state index is 13.7. The minimum Gasteiger partial charge on any atom is -0.380 e. The Morgan fingerprint density at radius 1 is 0.896 bits per heavy atom. The average Bonchev–Trinajstić information content (AvgIpc) is 3.73. The Bertz CT molecular complexity index is 2190. The molecule has 2 aromatic carbocycles. The number of nitrogen functional groups attached to an aromatic ring is 1. The molecule has 19 heteroatoms. The number of nitrogens with zero attached hydrogens (tertiary/aromatic N) is 8. The second kappa shape index (κ2) is 12.4. The van der Waals surface area contributed by atoms with Gasteiger partial charge in [-0.25, -0.2) is 14.6 Å². The van der Waals surface area contributed by atoms with Crippen LogP contribution in [0.2, 0.25) is 0 Å². The number of Topliss-reactive ketones (excluding diaryl/α,β-unsaturated/α-hetero) is 2. The van der Waals surface area contributed by atoms with Crippen LogP contribution in [0.3, 0.4) is 0 Å². The Morgan fingerprint density at radius 2 is 1.48 bits per heavy atom. The summed E-state index contributed by atoms with van der Waals surface area (Å²) in [7, 11) is 4.01. The lowest BCUT2D eigenvalue weighted by molar-refractivity contribution is -0.193. The number of nitrogens with two attached hydrogens (primary N) is 1. The number of benzene rings is 2. The fraction of sp³-hybridized carbons (Fsp3) is 0.207. The SMILES string of the molecule is Cc1nn(-c2ccc3onc(N)c3c2)c2c(=O)n(-c3ccc(-n4ccnc4CN(C)C)cc3)cnc12.O=C(C(=O)C(F)(F)F)C(F)(F)F. The molecular formula is C29H23F6N9O4. The summed E-state index contributed by atoms with van der Waals surface area (Å²) in [6.45, 7) is 2.54. The van der Waals surface area contributed by atoms with Gasteiger partial charge in [0.25, 0.3) is 5.56 Å². The molecule has 0 fully saturated rings. The van der Waals surface area contributed by atoms with Crippen molar-refractivity contribution in [2.75, 3.05) is 19.8 Å². The first kappa shape index (κ1) is 33.5. The van der Waals surface area contributed by atoms with Gasteiger partial charge in [-0.15, -0.1) is 0 Å². The molecule has 0 amide bonds. The third kappa shape index (κ3) is 6.52. The summed E-state index contributed by atoms with van der Waals surface area (Å²) in [5.41, 5.74) is 10.1. The highest BCUT2D eigenvalue weighted by molar-refractivity contribution is 6.41. The topological polar surface area (TPSA) is 160 Å². The summed E-state index contributed by atoms with van der Waals surface area (Å²) in [6.07, 6.45) is -6.30. The van der Waals surface area contributed by atoms with Gasteiger partial charge in [0.2, 0.25) is 0 Å². The van der Waals surface area contributed by atoms with Crippen LogP contribution in [-0.2, 0) is 16.1 Å². The Morgan fingerprint density at radius 3 is 2.06 bits per heavy atom. The number of fused-ring (bicyclic) bond motifs is 2. The Labute approximate surface area is 264 Å². The fourth-order valence-corrected chi connectivity index (χ4v) is 4.60. The molecule has 0 spiro atoms. The van der Waals surface area contributed by atoms with Crippen LogP contribution in [0.1, 0.15) is 11.5 Å². The van der Waals surface area contributed by atoms with Crippen LogP contribution in [0, 0.1) is 6.92 Å². The standard InChI is InChI=1S/C25H23N9O2.C4F6O2/c1-15-22-23(34(29-15)18-8-9-20-19(12-18)24(26)30-36-20)25(35)33(14-28-22)17-6-4-16(5-7-17)32-11-10-27-21(32)13-31(2)3;5-3(6,7)1(11)2(12)4(8,9)10/h4-12,14H,13H2,1-3H3,(H2,26,30);. The first-order valence-electron chi connectivity index (χ1n) is 13.6. The Hall–Kier alpha value is -5.85. The molecule has 250 valence electrons. The molecule has 4 heterocycles. The zero-order valence-electron chi connectivity index (χ0n) is 25.0. The first-order chi connectivity index (χ1) is 22.5. The van der Waals surface area contributed by atoms with E-state index in [1.165, 1.54) is 10.9 Å². The van der Waals surface area contributed by atoms with Crippen molar-refractivity contribution < 1.29 is 40.5 Å². The molecule has 0 saturated heterocycles. The summed E-state index contributed by atoms with van der Waals surface area (Å²) in [5.74, 6) is -5.61. The van der Waals surface area contributed by atoms with Gasteiger partial charge in [0.15, 0.2) is 16.9 Å². The van der Waals surface area contributed by atoms with E-state index in [1.807, 2.05) is 56.0 Å². The van der Waals surface area contributed by atoms with Gasteiger partial charge >= 0.3 is 23.9 Å². The monoisotopic (exact) mass is 675 g/mol. The summed E-state index contributed by atoms with van der Waals surface area (Å²) < 4.78 is 77.3. The van der Waals surface area contributed by atoms with Crippen LogP contribution in [0.25, 0.3) is 39.1 Å². The van der Waals surface area contributed by atoms with E-state index in [1.54, 1.807) is 29.1 Å². The van der Waals surface area contributed by atoms with Gasteiger partial charge in [-0.3, -0.25) is 19.0 Å². The highest BCUT2D eigenvalue weighted by Crippen LogP contribution is 2.26. The number of hydrogen-bond donors (Lipinski definition) is 1. The number of carbonyl (C=O) groups excluding carboxylic acids is 2. The maximum absolute atomic E-state index is 13.7. The number of alkyl halides is 6. The Kier molecular flexibility index (Phi) is 8.65. The molecular weight excluding hydrogens is 652 g/mol. The molecule has 13 nitrogen and oxygen atoms in total. The molecule has 0 atom stereocenters. The molecule has 6 aromatic rings. The molecule has 6 rings (SSSR count). The van der Waals surface area contributed by atoms with Gasteiger partial charge in [-0.1, -0.05) is 5.16 Å². The van der Waals surface area contributed by atoms with E-state index in [0.717, 1.165) is 11.5 Å². The van der Waals surface area contributed by atoms with Gasteiger partial charge < -0.3 is 19.7 Å². The summed E-state index contributed by atoms with van der Waals surface area (Å²) in [5, 5.41) is 9.05. The number of aromatic nitrogens is 7.